The molecule has 0 unspecified atom stereocenters. The van der Waals surface area contributed by atoms with Crippen LogP contribution in [0.25, 0.3) is 0 Å². The normalized spacial score (nSPS) is 28.0. The molecule has 7 heteroatoms. The van der Waals surface area contributed by atoms with Crippen molar-refractivity contribution in [3.8, 4) is 0 Å². The standard InChI is InChI=1S/C23H39N3O3S/c1-16(2)30(27,28)25-21-8-6-20(7-9-21)13-24-22-10-11-23(17(3)12-22)26-14-18(4)29-19(5)15-26/h10-12,16,18-21,24-25H,6-9,13-15H2,1-5H3/t18-,19+,20-,21-. The van der Waals surface area contributed by atoms with Gasteiger partial charge in [0, 0.05) is 37.1 Å². The Morgan fingerprint density at radius 1 is 1.10 bits per heavy atom. The van der Waals surface area contributed by atoms with Gasteiger partial charge in [-0.15, -0.1) is 0 Å². The van der Waals surface area contributed by atoms with Crippen LogP contribution in [0.4, 0.5) is 11.4 Å². The fraction of sp³-hybridized carbons (Fsp3) is 0.739. The Bertz CT molecular complexity index is 794. The topological polar surface area (TPSA) is 70.7 Å². The highest BCUT2D eigenvalue weighted by Crippen LogP contribution is 2.28. The van der Waals surface area contributed by atoms with E-state index in [4.69, 9.17) is 4.74 Å². The summed E-state index contributed by atoms with van der Waals surface area (Å²) in [4.78, 5) is 2.43. The first-order valence-corrected chi connectivity index (χ1v) is 12.9. The summed E-state index contributed by atoms with van der Waals surface area (Å²) < 4.78 is 32.9. The van der Waals surface area contributed by atoms with E-state index in [9.17, 15) is 8.42 Å². The van der Waals surface area contributed by atoms with Gasteiger partial charge in [0.25, 0.3) is 0 Å². The van der Waals surface area contributed by atoms with E-state index in [0.29, 0.717) is 5.92 Å². The number of benzene rings is 1. The lowest BCUT2D eigenvalue weighted by Crippen LogP contribution is -2.45. The summed E-state index contributed by atoms with van der Waals surface area (Å²) in [6.45, 7) is 12.7. The lowest BCUT2D eigenvalue weighted by atomic mass is 9.86. The first kappa shape index (κ1) is 23.4. The zero-order valence-electron chi connectivity index (χ0n) is 19.1. The van der Waals surface area contributed by atoms with Crippen LogP contribution in [-0.2, 0) is 14.8 Å². The number of hydrogen-bond acceptors (Lipinski definition) is 5. The summed E-state index contributed by atoms with van der Waals surface area (Å²) in [5.74, 6) is 0.589. The Labute approximate surface area is 182 Å². The SMILES string of the molecule is Cc1cc(NC[C@H]2CC[C@H](NS(=O)(=O)C(C)C)CC2)ccc1N1C[C@@H](C)O[C@@H](C)C1. The molecule has 0 spiro atoms. The fourth-order valence-corrected chi connectivity index (χ4v) is 5.58. The van der Waals surface area contributed by atoms with Gasteiger partial charge in [0.05, 0.1) is 17.5 Å². The molecule has 3 rings (SSSR count). The van der Waals surface area contributed by atoms with Crippen LogP contribution in [0.2, 0.25) is 0 Å². The molecule has 1 heterocycles. The van der Waals surface area contributed by atoms with Crippen LogP contribution in [-0.4, -0.2) is 51.6 Å². The molecule has 1 saturated carbocycles. The fourth-order valence-electron chi connectivity index (χ4n) is 4.61. The molecule has 0 aromatic heterocycles. The molecule has 2 atom stereocenters. The van der Waals surface area contributed by atoms with Gasteiger partial charge in [0.15, 0.2) is 0 Å². The molecule has 2 aliphatic rings. The van der Waals surface area contributed by atoms with Gasteiger partial charge < -0.3 is 15.0 Å². The second-order valence-electron chi connectivity index (χ2n) is 9.47. The van der Waals surface area contributed by atoms with Crippen molar-refractivity contribution in [1.82, 2.24) is 4.72 Å². The second-order valence-corrected chi connectivity index (χ2v) is 11.7. The van der Waals surface area contributed by atoms with Crippen LogP contribution in [0, 0.1) is 12.8 Å². The summed E-state index contributed by atoms with van der Waals surface area (Å²) in [5.41, 5.74) is 3.74. The maximum Gasteiger partial charge on any atom is 0.214 e. The van der Waals surface area contributed by atoms with Gasteiger partial charge in [-0.25, -0.2) is 13.1 Å². The van der Waals surface area contributed by atoms with Crippen molar-refractivity contribution >= 4 is 21.4 Å². The van der Waals surface area contributed by atoms with E-state index in [2.05, 4.69) is 53.9 Å². The third kappa shape index (κ3) is 6.11. The van der Waals surface area contributed by atoms with Crippen LogP contribution in [0.3, 0.4) is 0 Å². The van der Waals surface area contributed by atoms with Crippen LogP contribution < -0.4 is 14.9 Å². The minimum absolute atomic E-state index is 0.0912. The van der Waals surface area contributed by atoms with E-state index in [0.717, 1.165) is 51.0 Å². The number of morpholine rings is 1. The number of sulfonamides is 1. The Morgan fingerprint density at radius 2 is 1.73 bits per heavy atom. The predicted octanol–water partition coefficient (Wildman–Crippen LogP) is 3.91. The lowest BCUT2D eigenvalue weighted by Gasteiger charge is -2.37. The highest BCUT2D eigenvalue weighted by atomic mass is 32.2. The Hall–Kier alpha value is -1.31. The molecule has 1 aliphatic heterocycles. The van der Waals surface area contributed by atoms with Crippen molar-refractivity contribution in [2.45, 2.75) is 83.8 Å². The zero-order chi connectivity index (χ0) is 21.9. The lowest BCUT2D eigenvalue weighted by molar-refractivity contribution is -0.00524. The van der Waals surface area contributed by atoms with Crippen molar-refractivity contribution in [3.63, 3.8) is 0 Å². The molecular formula is C23H39N3O3S. The molecule has 1 aliphatic carbocycles. The minimum atomic E-state index is -3.17. The molecule has 0 amide bonds. The highest BCUT2D eigenvalue weighted by Gasteiger charge is 2.26. The van der Waals surface area contributed by atoms with Crippen molar-refractivity contribution in [2.75, 3.05) is 29.9 Å². The van der Waals surface area contributed by atoms with Crippen LogP contribution in [0.1, 0.15) is 58.9 Å². The van der Waals surface area contributed by atoms with Gasteiger partial charge in [-0.3, -0.25) is 0 Å². The second kappa shape index (κ2) is 9.88. The third-order valence-corrected chi connectivity index (χ3v) is 8.25. The first-order valence-electron chi connectivity index (χ1n) is 11.4. The molecule has 0 radical (unpaired) electrons. The molecule has 6 nitrogen and oxygen atoms in total. The Kier molecular flexibility index (Phi) is 7.69. The number of rotatable bonds is 7. The van der Waals surface area contributed by atoms with Crippen molar-refractivity contribution in [2.24, 2.45) is 5.92 Å². The van der Waals surface area contributed by atoms with E-state index in [1.807, 2.05) is 0 Å². The Balaban J connectivity index is 1.48. The largest absolute Gasteiger partial charge is 0.385 e. The van der Waals surface area contributed by atoms with Gasteiger partial charge in [-0.1, -0.05) is 0 Å². The van der Waals surface area contributed by atoms with Crippen molar-refractivity contribution in [1.29, 1.82) is 0 Å². The molecule has 1 aromatic carbocycles. The molecule has 1 saturated heterocycles. The van der Waals surface area contributed by atoms with E-state index < -0.39 is 10.0 Å². The minimum Gasteiger partial charge on any atom is -0.385 e. The molecule has 2 N–H and O–H groups in total. The summed E-state index contributed by atoms with van der Waals surface area (Å²) in [5, 5.41) is 3.23. The quantitative estimate of drug-likeness (QED) is 0.677. The average molecular weight is 438 g/mol. The smallest absolute Gasteiger partial charge is 0.214 e. The van der Waals surface area contributed by atoms with Gasteiger partial charge >= 0.3 is 0 Å². The van der Waals surface area contributed by atoms with E-state index in [-0.39, 0.29) is 23.5 Å². The molecule has 30 heavy (non-hydrogen) atoms. The molecule has 1 aromatic rings. The third-order valence-electron chi connectivity index (χ3n) is 6.35. The maximum atomic E-state index is 12.1. The number of aryl methyl sites for hydroxylation is 1. The summed E-state index contributed by atoms with van der Waals surface area (Å²) in [6.07, 6.45) is 4.46. The highest BCUT2D eigenvalue weighted by molar-refractivity contribution is 7.90. The Morgan fingerprint density at radius 3 is 2.30 bits per heavy atom. The number of nitrogens with one attached hydrogen (secondary N) is 2. The van der Waals surface area contributed by atoms with Gasteiger partial charge in [-0.05, 0) is 90.0 Å². The number of ether oxygens (including phenoxy) is 1. The maximum absolute atomic E-state index is 12.1. The van der Waals surface area contributed by atoms with E-state index in [1.54, 1.807) is 13.8 Å². The first-order chi connectivity index (χ1) is 14.1. The number of hydrogen-bond donors (Lipinski definition) is 2. The average Bonchev–Trinajstić information content (AvgIpc) is 2.66. The summed E-state index contributed by atoms with van der Waals surface area (Å²) >= 11 is 0. The predicted molar refractivity (Wildman–Crippen MR) is 125 cm³/mol. The van der Waals surface area contributed by atoms with E-state index >= 15 is 0 Å². The molecule has 2 fully saturated rings. The van der Waals surface area contributed by atoms with Gasteiger partial charge in [-0.2, -0.15) is 0 Å². The zero-order valence-corrected chi connectivity index (χ0v) is 20.0. The molecule has 0 bridgehead atoms. The monoisotopic (exact) mass is 437 g/mol. The van der Waals surface area contributed by atoms with Crippen LogP contribution >= 0.6 is 0 Å². The molecule has 170 valence electrons. The number of nitrogens with zero attached hydrogens (tertiary/aromatic N) is 1. The van der Waals surface area contributed by atoms with Crippen molar-refractivity contribution < 1.29 is 13.2 Å². The van der Waals surface area contributed by atoms with Gasteiger partial charge in [0.1, 0.15) is 0 Å². The summed E-state index contributed by atoms with van der Waals surface area (Å²) in [6, 6.07) is 6.73. The van der Waals surface area contributed by atoms with Crippen LogP contribution in [0.15, 0.2) is 18.2 Å². The van der Waals surface area contributed by atoms with Gasteiger partial charge in [0.2, 0.25) is 10.0 Å². The van der Waals surface area contributed by atoms with E-state index in [1.165, 1.54) is 11.3 Å². The van der Waals surface area contributed by atoms with Crippen LogP contribution in [0.5, 0.6) is 0 Å². The number of anilines is 2. The van der Waals surface area contributed by atoms with Crippen molar-refractivity contribution in [3.05, 3.63) is 23.8 Å². The summed E-state index contributed by atoms with van der Waals surface area (Å²) in [7, 11) is -3.17. The molecular weight excluding hydrogens is 398 g/mol.